The molecule has 102 valence electrons. The van der Waals surface area contributed by atoms with Crippen molar-refractivity contribution in [3.8, 4) is 0 Å². The third-order valence-electron chi connectivity index (χ3n) is 3.19. The van der Waals surface area contributed by atoms with E-state index in [0.29, 0.717) is 0 Å². The van der Waals surface area contributed by atoms with Crippen molar-refractivity contribution in [2.24, 2.45) is 5.92 Å². The van der Waals surface area contributed by atoms with Gasteiger partial charge in [-0.05, 0) is 25.5 Å². The molecular weight excluding hydrogens is 222 g/mol. The Balaban J connectivity index is 2.59. The number of aromatic nitrogens is 1. The Morgan fingerprint density at radius 2 is 2.17 bits per heavy atom. The number of hydrogen-bond donors (Lipinski definition) is 1. The molecule has 0 amide bonds. The van der Waals surface area contributed by atoms with Gasteiger partial charge in [0, 0.05) is 31.4 Å². The van der Waals surface area contributed by atoms with Crippen molar-refractivity contribution >= 4 is 5.82 Å². The monoisotopic (exact) mass is 249 g/mol. The summed E-state index contributed by atoms with van der Waals surface area (Å²) in [6.07, 6.45) is 4.22. The highest BCUT2D eigenvalue weighted by atomic mass is 15.1. The molecule has 0 aliphatic rings. The SMILES string of the molecule is CCCNc1ncccc1CN(C)CC(C)CC. The lowest BCUT2D eigenvalue weighted by Gasteiger charge is -2.21. The highest BCUT2D eigenvalue weighted by molar-refractivity contribution is 5.43. The number of nitrogens with one attached hydrogen (secondary N) is 1. The van der Waals surface area contributed by atoms with Gasteiger partial charge in [0.25, 0.3) is 0 Å². The lowest BCUT2D eigenvalue weighted by atomic mass is 10.1. The number of anilines is 1. The predicted molar refractivity (Wildman–Crippen MR) is 78.8 cm³/mol. The molecule has 1 aromatic heterocycles. The van der Waals surface area contributed by atoms with Crippen LogP contribution in [-0.2, 0) is 6.54 Å². The van der Waals surface area contributed by atoms with Crippen LogP contribution in [0.1, 0.15) is 39.2 Å². The third kappa shape index (κ3) is 5.05. The number of rotatable bonds is 8. The van der Waals surface area contributed by atoms with Gasteiger partial charge in [0.1, 0.15) is 5.82 Å². The molecule has 1 unspecified atom stereocenters. The Morgan fingerprint density at radius 3 is 2.83 bits per heavy atom. The minimum Gasteiger partial charge on any atom is -0.370 e. The fraction of sp³-hybridized carbons (Fsp3) is 0.667. The molecule has 1 aromatic rings. The van der Waals surface area contributed by atoms with E-state index in [0.717, 1.165) is 37.8 Å². The van der Waals surface area contributed by atoms with Crippen LogP contribution in [0.2, 0.25) is 0 Å². The van der Waals surface area contributed by atoms with Crippen molar-refractivity contribution in [2.45, 2.75) is 40.2 Å². The number of hydrogen-bond acceptors (Lipinski definition) is 3. The molecule has 0 fully saturated rings. The van der Waals surface area contributed by atoms with Crippen LogP contribution in [-0.4, -0.2) is 30.0 Å². The Kier molecular flexibility index (Phi) is 6.73. The van der Waals surface area contributed by atoms with Crippen LogP contribution in [0, 0.1) is 5.92 Å². The van der Waals surface area contributed by atoms with Crippen LogP contribution in [0.4, 0.5) is 5.82 Å². The van der Waals surface area contributed by atoms with E-state index in [4.69, 9.17) is 0 Å². The average Bonchev–Trinajstić information content (AvgIpc) is 2.37. The molecule has 18 heavy (non-hydrogen) atoms. The van der Waals surface area contributed by atoms with Crippen LogP contribution < -0.4 is 5.32 Å². The fourth-order valence-electron chi connectivity index (χ4n) is 1.99. The van der Waals surface area contributed by atoms with Gasteiger partial charge in [-0.2, -0.15) is 0 Å². The van der Waals surface area contributed by atoms with Gasteiger partial charge >= 0.3 is 0 Å². The second kappa shape index (κ2) is 8.09. The van der Waals surface area contributed by atoms with Crippen molar-refractivity contribution < 1.29 is 0 Å². The quantitative estimate of drug-likeness (QED) is 0.765. The lowest BCUT2D eigenvalue weighted by molar-refractivity contribution is 0.275. The number of pyridine rings is 1. The molecule has 0 bridgehead atoms. The van der Waals surface area contributed by atoms with E-state index in [2.05, 4.69) is 49.1 Å². The Hall–Kier alpha value is -1.09. The zero-order valence-electron chi connectivity index (χ0n) is 12.2. The summed E-state index contributed by atoms with van der Waals surface area (Å²) in [6, 6.07) is 4.18. The standard InChI is InChI=1S/C15H27N3/c1-5-9-16-15-14(8-7-10-17-15)12-18(4)11-13(3)6-2/h7-8,10,13H,5-6,9,11-12H2,1-4H3,(H,16,17). The van der Waals surface area contributed by atoms with Crippen molar-refractivity contribution in [2.75, 3.05) is 25.5 Å². The third-order valence-corrected chi connectivity index (χ3v) is 3.19. The van der Waals surface area contributed by atoms with Gasteiger partial charge in [0.2, 0.25) is 0 Å². The van der Waals surface area contributed by atoms with Gasteiger partial charge in [-0.25, -0.2) is 4.98 Å². The summed E-state index contributed by atoms with van der Waals surface area (Å²) in [5, 5.41) is 3.40. The van der Waals surface area contributed by atoms with Crippen LogP contribution in [0.3, 0.4) is 0 Å². The smallest absolute Gasteiger partial charge is 0.130 e. The van der Waals surface area contributed by atoms with E-state index in [1.165, 1.54) is 12.0 Å². The van der Waals surface area contributed by atoms with E-state index in [9.17, 15) is 0 Å². The molecular formula is C15H27N3. The van der Waals surface area contributed by atoms with Crippen LogP contribution >= 0.6 is 0 Å². The summed E-state index contributed by atoms with van der Waals surface area (Å²) in [7, 11) is 2.18. The molecule has 1 heterocycles. The van der Waals surface area contributed by atoms with Crippen molar-refractivity contribution in [3.05, 3.63) is 23.9 Å². The first-order valence-electron chi connectivity index (χ1n) is 7.03. The maximum atomic E-state index is 4.43. The highest BCUT2D eigenvalue weighted by Crippen LogP contribution is 2.14. The summed E-state index contributed by atoms with van der Waals surface area (Å²) in [6.45, 7) is 9.80. The average molecular weight is 249 g/mol. The van der Waals surface area contributed by atoms with Gasteiger partial charge < -0.3 is 10.2 Å². The summed E-state index contributed by atoms with van der Waals surface area (Å²) in [5.74, 6) is 1.79. The highest BCUT2D eigenvalue weighted by Gasteiger charge is 2.08. The molecule has 0 saturated carbocycles. The predicted octanol–water partition coefficient (Wildman–Crippen LogP) is 3.38. The van der Waals surface area contributed by atoms with Gasteiger partial charge in [-0.3, -0.25) is 0 Å². The van der Waals surface area contributed by atoms with Gasteiger partial charge in [0.05, 0.1) is 0 Å². The minimum absolute atomic E-state index is 0.749. The first-order chi connectivity index (χ1) is 8.67. The van der Waals surface area contributed by atoms with E-state index < -0.39 is 0 Å². The molecule has 0 aliphatic heterocycles. The molecule has 0 radical (unpaired) electrons. The summed E-state index contributed by atoms with van der Waals surface area (Å²) in [5.41, 5.74) is 1.29. The van der Waals surface area contributed by atoms with Gasteiger partial charge in [0.15, 0.2) is 0 Å². The topological polar surface area (TPSA) is 28.2 Å². The Morgan fingerprint density at radius 1 is 1.39 bits per heavy atom. The molecule has 3 nitrogen and oxygen atoms in total. The van der Waals surface area contributed by atoms with Crippen molar-refractivity contribution in [1.29, 1.82) is 0 Å². The van der Waals surface area contributed by atoms with E-state index in [1.807, 2.05) is 12.3 Å². The maximum absolute atomic E-state index is 4.43. The minimum atomic E-state index is 0.749. The molecule has 1 atom stereocenters. The van der Waals surface area contributed by atoms with Crippen molar-refractivity contribution in [1.82, 2.24) is 9.88 Å². The van der Waals surface area contributed by atoms with Crippen LogP contribution in [0.25, 0.3) is 0 Å². The van der Waals surface area contributed by atoms with E-state index in [1.54, 1.807) is 0 Å². The zero-order chi connectivity index (χ0) is 13.4. The first-order valence-corrected chi connectivity index (χ1v) is 7.03. The fourth-order valence-corrected chi connectivity index (χ4v) is 1.99. The first kappa shape index (κ1) is 15.0. The van der Waals surface area contributed by atoms with Crippen molar-refractivity contribution in [3.63, 3.8) is 0 Å². The Labute approximate surface area is 112 Å². The normalized spacial score (nSPS) is 12.7. The molecule has 1 N–H and O–H groups in total. The van der Waals surface area contributed by atoms with Crippen LogP contribution in [0.15, 0.2) is 18.3 Å². The molecule has 0 saturated heterocycles. The van der Waals surface area contributed by atoms with E-state index >= 15 is 0 Å². The summed E-state index contributed by atoms with van der Waals surface area (Å²) < 4.78 is 0. The second-order valence-corrected chi connectivity index (χ2v) is 5.15. The lowest BCUT2D eigenvalue weighted by Crippen LogP contribution is -2.24. The summed E-state index contributed by atoms with van der Waals surface area (Å²) in [4.78, 5) is 6.81. The van der Waals surface area contributed by atoms with Crippen LogP contribution in [0.5, 0.6) is 0 Å². The summed E-state index contributed by atoms with van der Waals surface area (Å²) >= 11 is 0. The number of nitrogens with zero attached hydrogens (tertiary/aromatic N) is 2. The molecule has 0 aromatic carbocycles. The zero-order valence-corrected chi connectivity index (χ0v) is 12.2. The Bertz CT molecular complexity index is 338. The largest absolute Gasteiger partial charge is 0.370 e. The van der Waals surface area contributed by atoms with E-state index in [-0.39, 0.29) is 0 Å². The van der Waals surface area contributed by atoms with Gasteiger partial charge in [-0.1, -0.05) is 33.3 Å². The molecule has 0 spiro atoms. The molecule has 1 rings (SSSR count). The maximum Gasteiger partial charge on any atom is 0.130 e. The molecule has 3 heteroatoms. The van der Waals surface area contributed by atoms with Gasteiger partial charge in [-0.15, -0.1) is 0 Å². The molecule has 0 aliphatic carbocycles. The second-order valence-electron chi connectivity index (χ2n) is 5.15.